The van der Waals surface area contributed by atoms with E-state index in [9.17, 15) is 22.8 Å². The topological polar surface area (TPSA) is 58.2 Å². The summed E-state index contributed by atoms with van der Waals surface area (Å²) in [5, 5.41) is 4.83. The number of carbonyl (C=O) groups excluding carboxylic acids is 2. The summed E-state index contributed by atoms with van der Waals surface area (Å²) in [5.41, 5.74) is 0.344. The second-order valence-corrected chi connectivity index (χ2v) is 5.60. The van der Waals surface area contributed by atoms with Gasteiger partial charge in [0.25, 0.3) is 11.8 Å². The molecule has 0 bridgehead atoms. The molecule has 0 atom stereocenters. The highest BCUT2D eigenvalue weighted by molar-refractivity contribution is 6.08. The molecule has 0 aliphatic rings. The summed E-state index contributed by atoms with van der Waals surface area (Å²) in [4.78, 5) is 24.6. The number of nitrogens with one attached hydrogen (secondary N) is 2. The van der Waals surface area contributed by atoms with E-state index in [4.69, 9.17) is 0 Å². The van der Waals surface area contributed by atoms with Gasteiger partial charge in [-0.3, -0.25) is 9.59 Å². The minimum atomic E-state index is -1.09. The maximum Gasteiger partial charge on any atom is 0.255 e. The molecule has 0 saturated carbocycles. The van der Waals surface area contributed by atoms with Crippen LogP contribution in [0.25, 0.3) is 0 Å². The third-order valence-corrected chi connectivity index (χ3v) is 3.69. The van der Waals surface area contributed by atoms with Crippen molar-refractivity contribution >= 4 is 23.2 Å². The standard InChI is InChI=1S/C20H13F3N2O2/c21-15-9-8-14(11-17(15)23)24-19(26)12-4-3-5-13(10-12)20(27)25-18-7-2-1-6-16(18)22/h1-11H,(H,24,26)(H,25,27). The van der Waals surface area contributed by atoms with Crippen molar-refractivity contribution in [2.75, 3.05) is 10.6 Å². The van der Waals surface area contributed by atoms with E-state index >= 15 is 0 Å². The quantitative estimate of drug-likeness (QED) is 0.705. The Morgan fingerprint density at radius 1 is 0.630 bits per heavy atom. The van der Waals surface area contributed by atoms with Gasteiger partial charge >= 0.3 is 0 Å². The maximum atomic E-state index is 13.6. The lowest BCUT2D eigenvalue weighted by molar-refractivity contribution is 0.102. The second kappa shape index (κ2) is 7.74. The van der Waals surface area contributed by atoms with Crippen LogP contribution in [0.3, 0.4) is 0 Å². The van der Waals surface area contributed by atoms with E-state index in [1.807, 2.05) is 0 Å². The number of benzene rings is 3. The van der Waals surface area contributed by atoms with Gasteiger partial charge in [0.1, 0.15) is 5.82 Å². The Bertz CT molecular complexity index is 1020. The molecule has 2 N–H and O–H groups in total. The third-order valence-electron chi connectivity index (χ3n) is 3.69. The Morgan fingerprint density at radius 2 is 1.30 bits per heavy atom. The summed E-state index contributed by atoms with van der Waals surface area (Å²) in [5.74, 6) is -3.91. The van der Waals surface area contributed by atoms with Crippen LogP contribution in [0.1, 0.15) is 20.7 Å². The predicted molar refractivity (Wildman–Crippen MR) is 95.1 cm³/mol. The van der Waals surface area contributed by atoms with Crippen molar-refractivity contribution in [3.8, 4) is 0 Å². The van der Waals surface area contributed by atoms with Crippen molar-refractivity contribution in [2.45, 2.75) is 0 Å². The zero-order valence-electron chi connectivity index (χ0n) is 13.8. The van der Waals surface area contributed by atoms with Crippen LogP contribution >= 0.6 is 0 Å². The summed E-state index contributed by atoms with van der Waals surface area (Å²) in [7, 11) is 0. The minimum Gasteiger partial charge on any atom is -0.322 e. The highest BCUT2D eigenvalue weighted by Gasteiger charge is 2.13. The lowest BCUT2D eigenvalue weighted by Crippen LogP contribution is -2.16. The van der Waals surface area contributed by atoms with E-state index < -0.39 is 29.3 Å². The summed E-state index contributed by atoms with van der Waals surface area (Å²) in [6, 6.07) is 14.4. The maximum absolute atomic E-state index is 13.6. The highest BCUT2D eigenvalue weighted by atomic mass is 19.2. The molecule has 0 unspecified atom stereocenters. The smallest absolute Gasteiger partial charge is 0.255 e. The lowest BCUT2D eigenvalue weighted by Gasteiger charge is -2.09. The molecule has 4 nitrogen and oxygen atoms in total. The van der Waals surface area contributed by atoms with E-state index in [-0.39, 0.29) is 22.5 Å². The SMILES string of the molecule is O=C(Nc1ccc(F)c(F)c1)c1cccc(C(=O)Nc2ccccc2F)c1. The van der Waals surface area contributed by atoms with Crippen LogP contribution in [0.2, 0.25) is 0 Å². The fourth-order valence-electron chi connectivity index (χ4n) is 2.34. The number of anilines is 2. The number of hydrogen-bond donors (Lipinski definition) is 2. The van der Waals surface area contributed by atoms with Crippen molar-refractivity contribution in [3.05, 3.63) is 95.3 Å². The normalized spacial score (nSPS) is 10.3. The van der Waals surface area contributed by atoms with Gasteiger partial charge in [0.15, 0.2) is 11.6 Å². The molecule has 0 heterocycles. The average molecular weight is 370 g/mol. The summed E-state index contributed by atoms with van der Waals surface area (Å²) < 4.78 is 39.8. The van der Waals surface area contributed by atoms with E-state index in [0.29, 0.717) is 0 Å². The number of carbonyl (C=O) groups is 2. The van der Waals surface area contributed by atoms with Gasteiger partial charge < -0.3 is 10.6 Å². The van der Waals surface area contributed by atoms with Gasteiger partial charge in [-0.1, -0.05) is 18.2 Å². The molecule has 2 amide bonds. The number of halogens is 3. The molecule has 0 fully saturated rings. The van der Waals surface area contributed by atoms with Crippen molar-refractivity contribution < 1.29 is 22.8 Å². The Hall–Kier alpha value is -3.61. The van der Waals surface area contributed by atoms with E-state index in [1.165, 1.54) is 48.5 Å². The van der Waals surface area contributed by atoms with E-state index in [1.54, 1.807) is 6.07 Å². The fraction of sp³-hybridized carbons (Fsp3) is 0. The fourth-order valence-corrected chi connectivity index (χ4v) is 2.34. The summed E-state index contributed by atoms with van der Waals surface area (Å²) in [6.07, 6.45) is 0. The van der Waals surface area contributed by atoms with Crippen molar-refractivity contribution in [1.82, 2.24) is 0 Å². The number of hydrogen-bond acceptors (Lipinski definition) is 2. The van der Waals surface area contributed by atoms with Crippen LogP contribution in [0.15, 0.2) is 66.7 Å². The average Bonchev–Trinajstić information content (AvgIpc) is 2.66. The molecule has 0 aromatic heterocycles. The Labute approximate surface area is 152 Å². The van der Waals surface area contributed by atoms with E-state index in [0.717, 1.165) is 12.1 Å². The molecule has 3 aromatic rings. The van der Waals surface area contributed by atoms with Crippen LogP contribution in [-0.4, -0.2) is 11.8 Å². The number of rotatable bonds is 4. The van der Waals surface area contributed by atoms with Gasteiger partial charge in [0.2, 0.25) is 0 Å². The first-order valence-electron chi connectivity index (χ1n) is 7.86. The molecular formula is C20H13F3N2O2. The van der Waals surface area contributed by atoms with Crippen LogP contribution in [-0.2, 0) is 0 Å². The lowest BCUT2D eigenvalue weighted by atomic mass is 10.1. The van der Waals surface area contributed by atoms with Crippen LogP contribution in [0, 0.1) is 17.5 Å². The second-order valence-electron chi connectivity index (χ2n) is 5.60. The Kier molecular flexibility index (Phi) is 5.21. The number of amides is 2. The minimum absolute atomic E-state index is 0.0131. The third kappa shape index (κ3) is 4.33. The van der Waals surface area contributed by atoms with Crippen LogP contribution in [0.5, 0.6) is 0 Å². The van der Waals surface area contributed by atoms with Gasteiger partial charge in [-0.15, -0.1) is 0 Å². The van der Waals surface area contributed by atoms with E-state index in [2.05, 4.69) is 10.6 Å². The molecule has 0 saturated heterocycles. The van der Waals surface area contributed by atoms with Crippen LogP contribution < -0.4 is 10.6 Å². The molecule has 7 heteroatoms. The number of para-hydroxylation sites is 1. The molecular weight excluding hydrogens is 357 g/mol. The molecule has 27 heavy (non-hydrogen) atoms. The molecule has 0 spiro atoms. The van der Waals surface area contributed by atoms with Gasteiger partial charge in [0, 0.05) is 22.9 Å². The van der Waals surface area contributed by atoms with Crippen molar-refractivity contribution in [2.24, 2.45) is 0 Å². The van der Waals surface area contributed by atoms with Crippen molar-refractivity contribution in [1.29, 1.82) is 0 Å². The Morgan fingerprint density at radius 3 is 1.96 bits per heavy atom. The van der Waals surface area contributed by atoms with Gasteiger partial charge in [0.05, 0.1) is 5.69 Å². The molecule has 3 aromatic carbocycles. The molecule has 0 aliphatic heterocycles. The first kappa shape index (κ1) is 18.2. The predicted octanol–water partition coefficient (Wildman–Crippen LogP) is 4.61. The Balaban J connectivity index is 1.76. The zero-order valence-corrected chi connectivity index (χ0v) is 13.8. The first-order chi connectivity index (χ1) is 12.9. The van der Waals surface area contributed by atoms with Gasteiger partial charge in [-0.05, 0) is 42.5 Å². The van der Waals surface area contributed by atoms with Gasteiger partial charge in [-0.25, -0.2) is 13.2 Å². The first-order valence-corrected chi connectivity index (χ1v) is 7.86. The molecule has 0 radical (unpaired) electrons. The zero-order chi connectivity index (χ0) is 19.4. The molecule has 0 aliphatic carbocycles. The monoisotopic (exact) mass is 370 g/mol. The van der Waals surface area contributed by atoms with Crippen molar-refractivity contribution in [3.63, 3.8) is 0 Å². The van der Waals surface area contributed by atoms with Gasteiger partial charge in [-0.2, -0.15) is 0 Å². The molecule has 136 valence electrons. The summed E-state index contributed by atoms with van der Waals surface area (Å²) in [6.45, 7) is 0. The highest BCUT2D eigenvalue weighted by Crippen LogP contribution is 2.17. The largest absolute Gasteiger partial charge is 0.322 e. The molecule has 3 rings (SSSR count). The summed E-state index contributed by atoms with van der Waals surface area (Å²) >= 11 is 0. The van der Waals surface area contributed by atoms with Crippen LogP contribution in [0.4, 0.5) is 24.5 Å².